The highest BCUT2D eigenvalue weighted by molar-refractivity contribution is 5.67. The van der Waals surface area contributed by atoms with Gasteiger partial charge in [0.15, 0.2) is 0 Å². The molecule has 0 spiro atoms. The summed E-state index contributed by atoms with van der Waals surface area (Å²) >= 11 is 0. The molecule has 0 aliphatic carbocycles. The van der Waals surface area contributed by atoms with E-state index in [1.54, 1.807) is 0 Å². The van der Waals surface area contributed by atoms with Gasteiger partial charge in [0, 0.05) is 12.2 Å². The monoisotopic (exact) mass is 265 g/mol. The predicted molar refractivity (Wildman–Crippen MR) is 76.6 cm³/mol. The minimum absolute atomic E-state index is 0.103. The van der Waals surface area contributed by atoms with Crippen molar-refractivity contribution in [2.24, 2.45) is 0 Å². The summed E-state index contributed by atoms with van der Waals surface area (Å²) in [7, 11) is 0. The van der Waals surface area contributed by atoms with Crippen LogP contribution < -0.4 is 5.32 Å². The Morgan fingerprint density at radius 2 is 2.00 bits per heavy atom. The van der Waals surface area contributed by atoms with Gasteiger partial charge in [0.25, 0.3) is 0 Å². The van der Waals surface area contributed by atoms with E-state index in [1.165, 1.54) is 5.56 Å². The zero-order valence-electron chi connectivity index (χ0n) is 12.0. The normalized spacial score (nSPS) is 13.1. The molecule has 0 fully saturated rings. The molecule has 0 aliphatic heterocycles. The molecule has 0 saturated carbocycles. The number of aliphatic carboxylic acids is 1. The first-order chi connectivity index (χ1) is 8.70. The van der Waals surface area contributed by atoms with Crippen molar-refractivity contribution in [1.29, 1.82) is 0 Å². The lowest BCUT2D eigenvalue weighted by Gasteiger charge is -2.21. The van der Waals surface area contributed by atoms with Crippen molar-refractivity contribution in [2.75, 3.05) is 11.9 Å². The van der Waals surface area contributed by atoms with Gasteiger partial charge >= 0.3 is 5.97 Å². The van der Waals surface area contributed by atoms with Crippen LogP contribution in [0.25, 0.3) is 0 Å². The van der Waals surface area contributed by atoms with Crippen LogP contribution in [-0.4, -0.2) is 28.8 Å². The van der Waals surface area contributed by atoms with E-state index in [4.69, 9.17) is 5.11 Å². The summed E-state index contributed by atoms with van der Waals surface area (Å²) < 4.78 is 0. The maximum absolute atomic E-state index is 10.5. The van der Waals surface area contributed by atoms with E-state index in [0.717, 1.165) is 11.3 Å². The summed E-state index contributed by atoms with van der Waals surface area (Å²) in [4.78, 5) is 10.5. The van der Waals surface area contributed by atoms with Crippen molar-refractivity contribution < 1.29 is 15.0 Å². The van der Waals surface area contributed by atoms with E-state index in [1.807, 2.05) is 13.0 Å². The molecule has 0 heterocycles. The smallest absolute Gasteiger partial charge is 0.306 e. The van der Waals surface area contributed by atoms with E-state index in [0.29, 0.717) is 0 Å². The number of hydrogen-bond donors (Lipinski definition) is 3. The number of carboxylic acids is 1. The third-order valence-electron chi connectivity index (χ3n) is 3.03. The predicted octanol–water partition coefficient (Wildman–Crippen LogP) is 2.54. The highest BCUT2D eigenvalue weighted by Gasteiger charge is 2.15. The van der Waals surface area contributed by atoms with Gasteiger partial charge < -0.3 is 15.5 Å². The van der Waals surface area contributed by atoms with Gasteiger partial charge in [-0.25, -0.2) is 0 Å². The minimum Gasteiger partial charge on any atom is -0.481 e. The summed E-state index contributed by atoms with van der Waals surface area (Å²) in [5.41, 5.74) is 3.38. The highest BCUT2D eigenvalue weighted by atomic mass is 16.4. The molecule has 106 valence electrons. The molecule has 0 bridgehead atoms. The molecule has 19 heavy (non-hydrogen) atoms. The quantitative estimate of drug-likeness (QED) is 0.765. The minimum atomic E-state index is -0.992. The Morgan fingerprint density at radius 1 is 1.37 bits per heavy atom. The second kappa shape index (κ2) is 6.06. The van der Waals surface area contributed by atoms with E-state index in [-0.39, 0.29) is 18.4 Å². The number of carboxylic acid groups (broad SMARTS) is 1. The summed E-state index contributed by atoms with van der Waals surface area (Å²) in [5, 5.41) is 21.2. The van der Waals surface area contributed by atoms with Gasteiger partial charge in [0.1, 0.15) is 0 Å². The van der Waals surface area contributed by atoms with Crippen LogP contribution in [0.4, 0.5) is 5.69 Å². The fourth-order valence-corrected chi connectivity index (χ4v) is 1.83. The average molecular weight is 265 g/mol. The van der Waals surface area contributed by atoms with Crippen molar-refractivity contribution in [3.63, 3.8) is 0 Å². The van der Waals surface area contributed by atoms with Gasteiger partial charge in [0.05, 0.1) is 12.5 Å². The van der Waals surface area contributed by atoms with Crippen LogP contribution in [0.1, 0.15) is 38.3 Å². The van der Waals surface area contributed by atoms with Gasteiger partial charge in [-0.15, -0.1) is 0 Å². The van der Waals surface area contributed by atoms with Gasteiger partial charge in [-0.2, -0.15) is 0 Å². The first-order valence-electron chi connectivity index (χ1n) is 6.45. The lowest BCUT2D eigenvalue weighted by molar-refractivity contribution is -0.138. The topological polar surface area (TPSA) is 69.6 Å². The Hall–Kier alpha value is -1.55. The van der Waals surface area contributed by atoms with E-state index < -0.39 is 12.1 Å². The van der Waals surface area contributed by atoms with E-state index in [9.17, 15) is 9.90 Å². The summed E-state index contributed by atoms with van der Waals surface area (Å²) in [6.07, 6.45) is -1.12. The Labute approximate surface area is 114 Å². The molecule has 0 radical (unpaired) electrons. The fourth-order valence-electron chi connectivity index (χ4n) is 1.83. The Balaban J connectivity index is 2.68. The van der Waals surface area contributed by atoms with Gasteiger partial charge in [0.2, 0.25) is 0 Å². The highest BCUT2D eigenvalue weighted by Crippen LogP contribution is 2.26. The average Bonchev–Trinajstić information content (AvgIpc) is 2.25. The maximum Gasteiger partial charge on any atom is 0.306 e. The molecule has 0 amide bonds. The summed E-state index contributed by atoms with van der Waals surface area (Å²) in [6, 6.07) is 6.15. The van der Waals surface area contributed by atoms with Gasteiger partial charge in [-0.1, -0.05) is 32.9 Å². The van der Waals surface area contributed by atoms with Gasteiger partial charge in [-0.3, -0.25) is 4.79 Å². The molecule has 1 aromatic rings. The number of rotatable bonds is 5. The van der Waals surface area contributed by atoms with Gasteiger partial charge in [-0.05, 0) is 29.5 Å². The molecule has 0 aliphatic rings. The number of benzene rings is 1. The molecule has 1 unspecified atom stereocenters. The van der Waals surface area contributed by atoms with Crippen molar-refractivity contribution >= 4 is 11.7 Å². The SMILES string of the molecule is Cc1cc(C(C)(C)C)ccc1NCC(O)CC(=O)O. The van der Waals surface area contributed by atoms with E-state index >= 15 is 0 Å². The standard InChI is InChI=1S/C15H23NO3/c1-10-7-11(15(2,3)4)5-6-13(10)16-9-12(17)8-14(18)19/h5-7,12,16-17H,8-9H2,1-4H3,(H,18,19). The van der Waals surface area contributed by atoms with Crippen LogP contribution in [0, 0.1) is 6.92 Å². The molecule has 1 atom stereocenters. The molecule has 4 heteroatoms. The van der Waals surface area contributed by atoms with Crippen molar-refractivity contribution in [3.05, 3.63) is 29.3 Å². The number of aliphatic hydroxyl groups excluding tert-OH is 1. The number of aryl methyl sites for hydroxylation is 1. The third-order valence-corrected chi connectivity index (χ3v) is 3.03. The second-order valence-corrected chi connectivity index (χ2v) is 5.91. The Kier molecular flexibility index (Phi) is 4.95. The van der Waals surface area contributed by atoms with Crippen molar-refractivity contribution in [3.8, 4) is 0 Å². The first kappa shape index (κ1) is 15.5. The zero-order valence-corrected chi connectivity index (χ0v) is 12.0. The lowest BCUT2D eigenvalue weighted by atomic mass is 9.86. The number of hydrogen-bond acceptors (Lipinski definition) is 3. The van der Waals surface area contributed by atoms with Crippen LogP contribution in [0.3, 0.4) is 0 Å². The summed E-state index contributed by atoms with van der Waals surface area (Å²) in [6.45, 7) is 8.71. The molecule has 4 nitrogen and oxygen atoms in total. The molecule has 0 aromatic heterocycles. The van der Waals surface area contributed by atoms with Crippen LogP contribution in [0.2, 0.25) is 0 Å². The number of nitrogens with one attached hydrogen (secondary N) is 1. The Bertz CT molecular complexity index is 449. The van der Waals surface area contributed by atoms with Crippen LogP contribution in [0.5, 0.6) is 0 Å². The van der Waals surface area contributed by atoms with Crippen LogP contribution >= 0.6 is 0 Å². The molecule has 0 saturated heterocycles. The molecule has 1 rings (SSSR count). The third kappa shape index (κ3) is 4.91. The van der Waals surface area contributed by atoms with Crippen molar-refractivity contribution in [1.82, 2.24) is 0 Å². The molecule has 3 N–H and O–H groups in total. The maximum atomic E-state index is 10.5. The number of carbonyl (C=O) groups is 1. The van der Waals surface area contributed by atoms with Crippen molar-refractivity contribution in [2.45, 2.75) is 45.6 Å². The van der Waals surface area contributed by atoms with E-state index in [2.05, 4.69) is 38.2 Å². The second-order valence-electron chi connectivity index (χ2n) is 5.91. The van der Waals surface area contributed by atoms with Crippen LogP contribution in [0.15, 0.2) is 18.2 Å². The number of anilines is 1. The van der Waals surface area contributed by atoms with Crippen LogP contribution in [-0.2, 0) is 10.2 Å². The molecular formula is C15H23NO3. The first-order valence-corrected chi connectivity index (χ1v) is 6.45. The Morgan fingerprint density at radius 3 is 2.47 bits per heavy atom. The molecule has 1 aromatic carbocycles. The summed E-state index contributed by atoms with van der Waals surface area (Å²) in [5.74, 6) is -0.992. The molecular weight excluding hydrogens is 242 g/mol. The zero-order chi connectivity index (χ0) is 14.6. The lowest BCUT2D eigenvalue weighted by Crippen LogP contribution is -2.23. The fraction of sp³-hybridized carbons (Fsp3) is 0.533. The largest absolute Gasteiger partial charge is 0.481 e. The number of aliphatic hydroxyl groups is 1.